The van der Waals surface area contributed by atoms with Crippen LogP contribution in [0.25, 0.3) is 0 Å². The van der Waals surface area contributed by atoms with E-state index in [2.05, 4.69) is 42.3 Å². The van der Waals surface area contributed by atoms with E-state index in [4.69, 9.17) is 0 Å². The van der Waals surface area contributed by atoms with E-state index in [1.54, 1.807) is 11.8 Å². The minimum absolute atomic E-state index is 0.246. The van der Waals surface area contributed by atoms with E-state index in [0.717, 1.165) is 19.0 Å². The summed E-state index contributed by atoms with van der Waals surface area (Å²) in [6, 6.07) is 9.05. The molecule has 0 aromatic heterocycles. The van der Waals surface area contributed by atoms with Crippen molar-refractivity contribution in [1.82, 2.24) is 4.90 Å². The molecule has 0 unspecified atom stereocenters. The molecular formula is C16H25NOS. The molecule has 0 spiro atoms. The Kier molecular flexibility index (Phi) is 5.74. The summed E-state index contributed by atoms with van der Waals surface area (Å²) in [6.07, 6.45) is 6.21. The van der Waals surface area contributed by atoms with Gasteiger partial charge in [-0.05, 0) is 49.6 Å². The Labute approximate surface area is 121 Å². The van der Waals surface area contributed by atoms with E-state index in [0.29, 0.717) is 0 Å². The molecule has 2 rings (SSSR count). The number of aliphatic hydroxyl groups is 1. The van der Waals surface area contributed by atoms with Crippen molar-refractivity contribution < 1.29 is 5.11 Å². The topological polar surface area (TPSA) is 23.5 Å². The SMILES string of the molecule is CSc1ccc(CN(CC2CCC2)[C@H](C)CO)cc1. The van der Waals surface area contributed by atoms with Crippen LogP contribution < -0.4 is 0 Å². The third kappa shape index (κ3) is 4.23. The first-order valence-electron chi connectivity index (χ1n) is 7.20. The molecule has 0 saturated heterocycles. The summed E-state index contributed by atoms with van der Waals surface area (Å²) in [4.78, 5) is 3.74. The number of aliphatic hydroxyl groups excluding tert-OH is 1. The zero-order chi connectivity index (χ0) is 13.7. The number of hydrogen-bond donors (Lipinski definition) is 1. The minimum Gasteiger partial charge on any atom is -0.395 e. The molecule has 1 fully saturated rings. The summed E-state index contributed by atoms with van der Waals surface area (Å²) in [6.45, 7) is 4.45. The Morgan fingerprint density at radius 2 is 2.00 bits per heavy atom. The first-order chi connectivity index (χ1) is 9.22. The summed E-state index contributed by atoms with van der Waals surface area (Å²) in [5.41, 5.74) is 1.34. The van der Waals surface area contributed by atoms with Crippen LogP contribution in [0.5, 0.6) is 0 Å². The van der Waals surface area contributed by atoms with Crippen molar-refractivity contribution in [2.75, 3.05) is 19.4 Å². The Bertz CT molecular complexity index is 375. The lowest BCUT2D eigenvalue weighted by molar-refractivity contribution is 0.0918. The molecule has 19 heavy (non-hydrogen) atoms. The fourth-order valence-corrected chi connectivity index (χ4v) is 2.90. The number of hydrogen-bond acceptors (Lipinski definition) is 3. The molecule has 0 bridgehead atoms. The average molecular weight is 279 g/mol. The maximum absolute atomic E-state index is 9.42. The second-order valence-corrected chi connectivity index (χ2v) is 6.49. The van der Waals surface area contributed by atoms with Gasteiger partial charge in [0.1, 0.15) is 0 Å². The molecule has 106 valence electrons. The monoisotopic (exact) mass is 279 g/mol. The van der Waals surface area contributed by atoms with Crippen LogP contribution in [-0.4, -0.2) is 35.5 Å². The number of thioether (sulfide) groups is 1. The molecule has 1 aliphatic carbocycles. The van der Waals surface area contributed by atoms with E-state index < -0.39 is 0 Å². The molecule has 2 nitrogen and oxygen atoms in total. The van der Waals surface area contributed by atoms with E-state index >= 15 is 0 Å². The van der Waals surface area contributed by atoms with Gasteiger partial charge in [0.2, 0.25) is 0 Å². The van der Waals surface area contributed by atoms with E-state index in [1.165, 1.54) is 29.7 Å². The van der Waals surface area contributed by atoms with Crippen LogP contribution in [0.2, 0.25) is 0 Å². The fraction of sp³-hybridized carbons (Fsp3) is 0.625. The molecule has 1 saturated carbocycles. The number of nitrogens with zero attached hydrogens (tertiary/aromatic N) is 1. The lowest BCUT2D eigenvalue weighted by Crippen LogP contribution is -2.40. The van der Waals surface area contributed by atoms with Gasteiger partial charge in [0, 0.05) is 24.0 Å². The van der Waals surface area contributed by atoms with Crippen molar-refractivity contribution in [3.63, 3.8) is 0 Å². The van der Waals surface area contributed by atoms with Crippen LogP contribution in [-0.2, 0) is 6.54 Å². The van der Waals surface area contributed by atoms with E-state index in [1.807, 2.05) is 0 Å². The molecule has 0 amide bonds. The van der Waals surface area contributed by atoms with Crippen molar-refractivity contribution in [1.29, 1.82) is 0 Å². The van der Waals surface area contributed by atoms with Gasteiger partial charge >= 0.3 is 0 Å². The van der Waals surface area contributed by atoms with Gasteiger partial charge in [0.15, 0.2) is 0 Å². The first-order valence-corrected chi connectivity index (χ1v) is 8.43. The normalized spacial score (nSPS) is 17.5. The second-order valence-electron chi connectivity index (χ2n) is 5.61. The van der Waals surface area contributed by atoms with Gasteiger partial charge in [-0.2, -0.15) is 0 Å². The van der Waals surface area contributed by atoms with Crippen LogP contribution in [0.1, 0.15) is 31.7 Å². The lowest BCUT2D eigenvalue weighted by Gasteiger charge is -2.35. The first kappa shape index (κ1) is 14.9. The van der Waals surface area contributed by atoms with Crippen molar-refractivity contribution in [3.8, 4) is 0 Å². The second kappa shape index (κ2) is 7.32. The third-order valence-electron chi connectivity index (χ3n) is 4.15. The van der Waals surface area contributed by atoms with Gasteiger partial charge in [-0.3, -0.25) is 4.90 Å². The predicted molar refractivity (Wildman–Crippen MR) is 82.5 cm³/mol. The Hall–Kier alpha value is -0.510. The number of benzene rings is 1. The molecule has 1 atom stereocenters. The number of rotatable bonds is 7. The van der Waals surface area contributed by atoms with Gasteiger partial charge in [-0.1, -0.05) is 18.6 Å². The van der Waals surface area contributed by atoms with Crippen molar-refractivity contribution in [2.24, 2.45) is 5.92 Å². The molecule has 1 aliphatic rings. The highest BCUT2D eigenvalue weighted by Crippen LogP contribution is 2.28. The molecule has 3 heteroatoms. The predicted octanol–water partition coefficient (Wildman–Crippen LogP) is 3.39. The summed E-state index contributed by atoms with van der Waals surface area (Å²) >= 11 is 1.78. The van der Waals surface area contributed by atoms with Crippen LogP contribution in [0.3, 0.4) is 0 Å². The largest absolute Gasteiger partial charge is 0.395 e. The van der Waals surface area contributed by atoms with Gasteiger partial charge in [0.05, 0.1) is 6.61 Å². The van der Waals surface area contributed by atoms with Gasteiger partial charge < -0.3 is 5.11 Å². The van der Waals surface area contributed by atoms with E-state index in [9.17, 15) is 5.11 Å². The summed E-state index contributed by atoms with van der Waals surface area (Å²) in [5.74, 6) is 0.847. The summed E-state index contributed by atoms with van der Waals surface area (Å²) in [5, 5.41) is 9.42. The summed E-state index contributed by atoms with van der Waals surface area (Å²) in [7, 11) is 0. The summed E-state index contributed by atoms with van der Waals surface area (Å²) < 4.78 is 0. The smallest absolute Gasteiger partial charge is 0.0584 e. The molecule has 1 aromatic rings. The Morgan fingerprint density at radius 1 is 1.32 bits per heavy atom. The minimum atomic E-state index is 0.246. The quantitative estimate of drug-likeness (QED) is 0.774. The molecule has 0 aliphatic heterocycles. The zero-order valence-corrected chi connectivity index (χ0v) is 12.8. The highest BCUT2D eigenvalue weighted by Gasteiger charge is 2.23. The Morgan fingerprint density at radius 3 is 2.47 bits per heavy atom. The Balaban J connectivity index is 1.96. The average Bonchev–Trinajstić information content (AvgIpc) is 2.41. The van der Waals surface area contributed by atoms with Crippen molar-refractivity contribution >= 4 is 11.8 Å². The molecular weight excluding hydrogens is 254 g/mol. The van der Waals surface area contributed by atoms with Gasteiger partial charge in [-0.25, -0.2) is 0 Å². The highest BCUT2D eigenvalue weighted by atomic mass is 32.2. The van der Waals surface area contributed by atoms with Crippen molar-refractivity contribution in [2.45, 2.75) is 43.7 Å². The molecule has 0 radical (unpaired) electrons. The van der Waals surface area contributed by atoms with Gasteiger partial charge in [0.25, 0.3) is 0 Å². The highest BCUT2D eigenvalue weighted by molar-refractivity contribution is 7.98. The maximum Gasteiger partial charge on any atom is 0.0584 e. The van der Waals surface area contributed by atoms with E-state index in [-0.39, 0.29) is 12.6 Å². The van der Waals surface area contributed by atoms with Crippen LogP contribution >= 0.6 is 11.8 Å². The molecule has 0 heterocycles. The molecule has 1 N–H and O–H groups in total. The molecule has 1 aromatic carbocycles. The lowest BCUT2D eigenvalue weighted by atomic mass is 9.85. The van der Waals surface area contributed by atoms with Crippen LogP contribution in [0.15, 0.2) is 29.2 Å². The van der Waals surface area contributed by atoms with Crippen LogP contribution in [0, 0.1) is 5.92 Å². The van der Waals surface area contributed by atoms with Crippen molar-refractivity contribution in [3.05, 3.63) is 29.8 Å². The fourth-order valence-electron chi connectivity index (χ4n) is 2.49. The van der Waals surface area contributed by atoms with Crippen LogP contribution in [0.4, 0.5) is 0 Å². The van der Waals surface area contributed by atoms with Gasteiger partial charge in [-0.15, -0.1) is 11.8 Å². The third-order valence-corrected chi connectivity index (χ3v) is 4.89. The standard InChI is InChI=1S/C16H25NOS/c1-13(12-18)17(10-14-4-3-5-14)11-15-6-8-16(19-2)9-7-15/h6-9,13-14,18H,3-5,10-12H2,1-2H3/t13-/m1/s1. The maximum atomic E-state index is 9.42. The zero-order valence-electron chi connectivity index (χ0n) is 12.0.